The average Bonchev–Trinajstić information content (AvgIpc) is 3.16. The van der Waals surface area contributed by atoms with Crippen molar-refractivity contribution in [1.29, 1.82) is 0 Å². The first-order valence-electron chi connectivity index (χ1n) is 16.7. The highest BCUT2D eigenvalue weighted by atomic mass is 14.3. The SMILES string of the molecule is CC.CC.CC.CC.CC.c1ccc(-c2c(-c3ccccc3)c(-c3ccccc3)c3ccccc3c2-c2ccccc2)cc1. The Morgan fingerprint density at radius 2 is 0.386 bits per heavy atom. The first kappa shape index (κ1) is 37.6. The van der Waals surface area contributed by atoms with Crippen molar-refractivity contribution in [3.63, 3.8) is 0 Å². The number of benzene rings is 6. The zero-order valence-corrected chi connectivity index (χ0v) is 28.9. The van der Waals surface area contributed by atoms with E-state index in [4.69, 9.17) is 0 Å². The van der Waals surface area contributed by atoms with Gasteiger partial charge in [0.05, 0.1) is 0 Å². The molecule has 0 atom stereocenters. The van der Waals surface area contributed by atoms with Crippen LogP contribution in [0.2, 0.25) is 0 Å². The Bertz CT molecular complexity index is 1430. The minimum atomic E-state index is 1.23. The van der Waals surface area contributed by atoms with E-state index < -0.39 is 0 Å². The van der Waals surface area contributed by atoms with Gasteiger partial charge < -0.3 is 0 Å². The number of rotatable bonds is 4. The maximum Gasteiger partial charge on any atom is -0.00141 e. The predicted octanol–water partition coefficient (Wildman–Crippen LogP) is 14.6. The molecular weight excluding hydrogens is 528 g/mol. The molecule has 0 aliphatic heterocycles. The van der Waals surface area contributed by atoms with Gasteiger partial charge in [0.1, 0.15) is 0 Å². The van der Waals surface area contributed by atoms with Gasteiger partial charge in [0, 0.05) is 0 Å². The smallest absolute Gasteiger partial charge is 0.00141 e. The van der Waals surface area contributed by atoms with E-state index in [-0.39, 0.29) is 0 Å². The molecule has 0 spiro atoms. The van der Waals surface area contributed by atoms with Gasteiger partial charge in [-0.05, 0) is 55.3 Å². The van der Waals surface area contributed by atoms with Crippen LogP contribution in [0.4, 0.5) is 0 Å². The zero-order chi connectivity index (χ0) is 32.7. The first-order valence-corrected chi connectivity index (χ1v) is 16.7. The van der Waals surface area contributed by atoms with Crippen molar-refractivity contribution in [3.05, 3.63) is 146 Å². The molecule has 230 valence electrons. The first-order chi connectivity index (χ1) is 21.9. The molecule has 6 aromatic rings. The fraction of sp³-hybridized carbons (Fsp3) is 0.227. The molecule has 0 heteroatoms. The standard InChI is InChI=1S/C34H24.5C2H6/c1-5-15-25(16-6-1)31-29-23-13-14-24-30(29)32(26-17-7-2-8-18-26)34(28-21-11-4-12-22-28)33(31)27-19-9-3-10-20-27;5*1-2/h1-24H;5*1-2H3. The van der Waals surface area contributed by atoms with E-state index in [0.717, 1.165) is 0 Å². The molecule has 0 saturated carbocycles. The molecule has 0 saturated heterocycles. The van der Waals surface area contributed by atoms with E-state index in [9.17, 15) is 0 Å². The summed E-state index contributed by atoms with van der Waals surface area (Å²) in [6.45, 7) is 20.0. The summed E-state index contributed by atoms with van der Waals surface area (Å²) < 4.78 is 0. The monoisotopic (exact) mass is 582 g/mol. The van der Waals surface area contributed by atoms with Gasteiger partial charge in [0.25, 0.3) is 0 Å². The molecule has 0 unspecified atom stereocenters. The Balaban J connectivity index is 0.000000884. The zero-order valence-electron chi connectivity index (χ0n) is 28.9. The Hall–Kier alpha value is -4.42. The summed E-state index contributed by atoms with van der Waals surface area (Å²) in [6, 6.07) is 52.1. The maximum atomic E-state index is 2.27. The van der Waals surface area contributed by atoms with Crippen molar-refractivity contribution >= 4 is 10.8 Å². The van der Waals surface area contributed by atoms with Crippen molar-refractivity contribution in [2.45, 2.75) is 69.2 Å². The normalized spacial score (nSPS) is 9.14. The molecule has 0 aliphatic carbocycles. The highest BCUT2D eigenvalue weighted by Gasteiger charge is 2.23. The molecule has 0 bridgehead atoms. The number of hydrogen-bond donors (Lipinski definition) is 0. The quantitative estimate of drug-likeness (QED) is 0.194. The van der Waals surface area contributed by atoms with E-state index in [1.807, 2.05) is 69.2 Å². The van der Waals surface area contributed by atoms with Gasteiger partial charge in [-0.2, -0.15) is 0 Å². The highest BCUT2D eigenvalue weighted by molar-refractivity contribution is 6.18. The van der Waals surface area contributed by atoms with Crippen LogP contribution in [-0.4, -0.2) is 0 Å². The van der Waals surface area contributed by atoms with Crippen LogP contribution >= 0.6 is 0 Å². The van der Waals surface area contributed by atoms with Crippen LogP contribution in [-0.2, 0) is 0 Å². The number of hydrogen-bond acceptors (Lipinski definition) is 0. The molecular formula is C44H54. The van der Waals surface area contributed by atoms with Crippen LogP contribution in [0.3, 0.4) is 0 Å². The Kier molecular flexibility index (Phi) is 18.9. The van der Waals surface area contributed by atoms with Crippen molar-refractivity contribution < 1.29 is 0 Å². The summed E-state index contributed by atoms with van der Waals surface area (Å²) in [5.41, 5.74) is 10.0. The second-order valence-corrected chi connectivity index (χ2v) is 8.51. The third kappa shape index (κ3) is 9.04. The minimum absolute atomic E-state index is 1.23. The molecule has 44 heavy (non-hydrogen) atoms. The lowest BCUT2D eigenvalue weighted by Gasteiger charge is -2.24. The van der Waals surface area contributed by atoms with E-state index in [2.05, 4.69) is 146 Å². The van der Waals surface area contributed by atoms with Crippen molar-refractivity contribution in [1.82, 2.24) is 0 Å². The van der Waals surface area contributed by atoms with Gasteiger partial charge in [-0.3, -0.25) is 0 Å². The highest BCUT2D eigenvalue weighted by Crippen LogP contribution is 2.50. The maximum absolute atomic E-state index is 2.27. The summed E-state index contributed by atoms with van der Waals surface area (Å²) in [7, 11) is 0. The van der Waals surface area contributed by atoms with Gasteiger partial charge in [0.15, 0.2) is 0 Å². The summed E-state index contributed by atoms with van der Waals surface area (Å²) >= 11 is 0. The van der Waals surface area contributed by atoms with E-state index in [1.54, 1.807) is 0 Å². The van der Waals surface area contributed by atoms with Gasteiger partial charge in [0.2, 0.25) is 0 Å². The lowest BCUT2D eigenvalue weighted by Crippen LogP contribution is -1.97. The summed E-state index contributed by atoms with van der Waals surface area (Å²) in [6.07, 6.45) is 0. The van der Waals surface area contributed by atoms with Crippen LogP contribution in [0, 0.1) is 0 Å². The molecule has 6 rings (SSSR count). The third-order valence-corrected chi connectivity index (χ3v) is 6.47. The second kappa shape index (κ2) is 22.2. The summed E-state index contributed by atoms with van der Waals surface area (Å²) in [4.78, 5) is 0. The van der Waals surface area contributed by atoms with Crippen LogP contribution in [0.25, 0.3) is 55.3 Å². The molecule has 0 radical (unpaired) electrons. The molecule has 0 amide bonds. The van der Waals surface area contributed by atoms with Gasteiger partial charge in [-0.15, -0.1) is 0 Å². The third-order valence-electron chi connectivity index (χ3n) is 6.47. The Labute approximate surface area is 269 Å². The van der Waals surface area contributed by atoms with Crippen molar-refractivity contribution in [2.24, 2.45) is 0 Å². The van der Waals surface area contributed by atoms with E-state index >= 15 is 0 Å². The Morgan fingerprint density at radius 3 is 0.614 bits per heavy atom. The second-order valence-electron chi connectivity index (χ2n) is 8.51. The van der Waals surface area contributed by atoms with Gasteiger partial charge >= 0.3 is 0 Å². The summed E-state index contributed by atoms with van der Waals surface area (Å²) in [5, 5.41) is 2.54. The van der Waals surface area contributed by atoms with Crippen LogP contribution < -0.4 is 0 Å². The molecule has 0 fully saturated rings. The molecule has 0 N–H and O–H groups in total. The average molecular weight is 583 g/mol. The largest absolute Gasteiger partial charge is 0.0683 e. The minimum Gasteiger partial charge on any atom is -0.0683 e. The van der Waals surface area contributed by atoms with Crippen molar-refractivity contribution in [2.75, 3.05) is 0 Å². The van der Waals surface area contributed by atoms with Crippen molar-refractivity contribution in [3.8, 4) is 44.5 Å². The van der Waals surface area contributed by atoms with Crippen LogP contribution in [0.1, 0.15) is 69.2 Å². The lowest BCUT2D eigenvalue weighted by atomic mass is 9.79. The molecule has 6 aromatic carbocycles. The van der Waals surface area contributed by atoms with Crippen LogP contribution in [0.5, 0.6) is 0 Å². The van der Waals surface area contributed by atoms with Gasteiger partial charge in [-0.25, -0.2) is 0 Å². The molecule has 0 nitrogen and oxygen atoms in total. The van der Waals surface area contributed by atoms with E-state index in [0.29, 0.717) is 0 Å². The molecule has 0 aromatic heterocycles. The number of fused-ring (bicyclic) bond motifs is 1. The molecule has 0 aliphatic rings. The van der Waals surface area contributed by atoms with Crippen LogP contribution in [0.15, 0.2) is 146 Å². The lowest BCUT2D eigenvalue weighted by molar-refractivity contribution is 1.50. The van der Waals surface area contributed by atoms with E-state index in [1.165, 1.54) is 55.3 Å². The predicted molar refractivity (Wildman–Crippen MR) is 202 cm³/mol. The topological polar surface area (TPSA) is 0 Å². The molecule has 0 heterocycles. The fourth-order valence-electron chi connectivity index (χ4n) is 5.03. The fourth-order valence-corrected chi connectivity index (χ4v) is 5.03. The summed E-state index contributed by atoms with van der Waals surface area (Å²) in [5.74, 6) is 0. The van der Waals surface area contributed by atoms with Gasteiger partial charge in [-0.1, -0.05) is 215 Å². The Morgan fingerprint density at radius 1 is 0.205 bits per heavy atom.